The van der Waals surface area contributed by atoms with Gasteiger partial charge in [0.05, 0.1) is 5.56 Å². The van der Waals surface area contributed by atoms with Gasteiger partial charge in [-0.2, -0.15) is 0 Å². The highest BCUT2D eigenvalue weighted by Crippen LogP contribution is 2.29. The van der Waals surface area contributed by atoms with Crippen LogP contribution in [0.15, 0.2) is 28.7 Å². The predicted molar refractivity (Wildman–Crippen MR) is 102 cm³/mol. The van der Waals surface area contributed by atoms with Crippen LogP contribution in [0.4, 0.5) is 5.69 Å². The quantitative estimate of drug-likeness (QED) is 0.806. The van der Waals surface area contributed by atoms with Crippen LogP contribution in [-0.2, 0) is 12.8 Å². The summed E-state index contributed by atoms with van der Waals surface area (Å²) >= 11 is 0. The highest BCUT2D eigenvalue weighted by Gasteiger charge is 2.28. The van der Waals surface area contributed by atoms with E-state index >= 15 is 0 Å². The number of amides is 1. The van der Waals surface area contributed by atoms with Gasteiger partial charge < -0.3 is 14.6 Å². The van der Waals surface area contributed by atoms with E-state index in [-0.39, 0.29) is 11.7 Å². The van der Waals surface area contributed by atoms with Gasteiger partial charge in [0.25, 0.3) is 5.91 Å². The van der Waals surface area contributed by atoms with Crippen molar-refractivity contribution in [3.05, 3.63) is 52.5 Å². The second kappa shape index (κ2) is 7.77. The van der Waals surface area contributed by atoms with Gasteiger partial charge >= 0.3 is 0 Å². The van der Waals surface area contributed by atoms with Gasteiger partial charge in [0.2, 0.25) is 0 Å². The van der Waals surface area contributed by atoms with Crippen LogP contribution < -0.4 is 10.2 Å². The van der Waals surface area contributed by atoms with Crippen LogP contribution >= 0.6 is 0 Å². The number of Topliss-reactive ketones (excluding diaryl/α,β-unsaturated/α-hetero) is 1. The topological polar surface area (TPSA) is 62.6 Å². The molecular formula is C21H26N2O3. The molecule has 5 nitrogen and oxygen atoms in total. The van der Waals surface area contributed by atoms with Gasteiger partial charge in [-0.25, -0.2) is 0 Å². The number of nitrogens with one attached hydrogen (secondary N) is 1. The lowest BCUT2D eigenvalue weighted by Crippen LogP contribution is -2.25. The Kier molecular flexibility index (Phi) is 5.45. The number of rotatable bonds is 6. The van der Waals surface area contributed by atoms with Crippen LogP contribution in [0.2, 0.25) is 0 Å². The minimum Gasteiger partial charge on any atom is -0.455 e. The SMILES string of the molecule is Cc1c(C(=O)NCCCc2ccc(N(C)C)cc2)oc2c1C(=O)CCC2. The van der Waals surface area contributed by atoms with Crippen LogP contribution in [0, 0.1) is 6.92 Å². The van der Waals surface area contributed by atoms with E-state index in [1.807, 2.05) is 14.1 Å². The summed E-state index contributed by atoms with van der Waals surface area (Å²) in [4.78, 5) is 26.5. The van der Waals surface area contributed by atoms with E-state index in [0.717, 1.165) is 25.7 Å². The van der Waals surface area contributed by atoms with E-state index in [9.17, 15) is 9.59 Å². The fraction of sp³-hybridized carbons (Fsp3) is 0.429. The number of carbonyl (C=O) groups is 2. The van der Waals surface area contributed by atoms with Gasteiger partial charge in [0.1, 0.15) is 5.76 Å². The van der Waals surface area contributed by atoms with Gasteiger partial charge in [-0.1, -0.05) is 12.1 Å². The number of furan rings is 1. The Hall–Kier alpha value is -2.56. The molecule has 0 saturated heterocycles. The smallest absolute Gasteiger partial charge is 0.287 e. The number of hydrogen-bond acceptors (Lipinski definition) is 4. The monoisotopic (exact) mass is 354 g/mol. The van der Waals surface area contributed by atoms with Crippen molar-refractivity contribution in [2.75, 3.05) is 25.5 Å². The number of benzene rings is 1. The van der Waals surface area contributed by atoms with Crippen LogP contribution in [0.5, 0.6) is 0 Å². The predicted octanol–water partition coefficient (Wildman–Crippen LogP) is 3.54. The molecule has 138 valence electrons. The van der Waals surface area contributed by atoms with Crippen molar-refractivity contribution < 1.29 is 14.0 Å². The maximum absolute atomic E-state index is 12.4. The van der Waals surface area contributed by atoms with Gasteiger partial charge in [-0.05, 0) is 43.9 Å². The summed E-state index contributed by atoms with van der Waals surface area (Å²) < 4.78 is 5.68. The second-order valence-electron chi connectivity index (χ2n) is 7.05. The molecule has 1 aliphatic rings. The zero-order valence-corrected chi connectivity index (χ0v) is 15.7. The summed E-state index contributed by atoms with van der Waals surface area (Å²) in [5.74, 6) is 0.825. The van der Waals surface area contributed by atoms with E-state index in [1.165, 1.54) is 11.3 Å². The Morgan fingerprint density at radius 2 is 1.92 bits per heavy atom. The summed E-state index contributed by atoms with van der Waals surface area (Å²) in [6.45, 7) is 2.37. The number of aryl methyl sites for hydroxylation is 2. The molecule has 5 heteroatoms. The Morgan fingerprint density at radius 1 is 1.19 bits per heavy atom. The normalized spacial score (nSPS) is 13.4. The van der Waals surface area contributed by atoms with Gasteiger partial charge in [0, 0.05) is 44.7 Å². The molecule has 26 heavy (non-hydrogen) atoms. The summed E-state index contributed by atoms with van der Waals surface area (Å²) in [5, 5.41) is 2.91. The van der Waals surface area contributed by atoms with Crippen molar-refractivity contribution >= 4 is 17.4 Å². The van der Waals surface area contributed by atoms with Gasteiger partial charge in [-0.15, -0.1) is 0 Å². The molecular weight excluding hydrogens is 328 g/mol. The van der Waals surface area contributed by atoms with Crippen molar-refractivity contribution in [2.45, 2.75) is 39.0 Å². The maximum atomic E-state index is 12.4. The van der Waals surface area contributed by atoms with Crippen molar-refractivity contribution in [1.29, 1.82) is 0 Å². The summed E-state index contributed by atoms with van der Waals surface area (Å²) in [6, 6.07) is 8.43. The molecule has 2 aromatic rings. The molecule has 3 rings (SSSR count). The number of anilines is 1. The maximum Gasteiger partial charge on any atom is 0.287 e. The number of ketones is 1. The van der Waals surface area contributed by atoms with Crippen LogP contribution in [0.25, 0.3) is 0 Å². The van der Waals surface area contributed by atoms with Crippen molar-refractivity contribution in [3.8, 4) is 0 Å². The number of fused-ring (bicyclic) bond motifs is 1. The molecule has 1 aromatic carbocycles. The number of nitrogens with zero attached hydrogens (tertiary/aromatic N) is 1. The third-order valence-electron chi connectivity index (χ3n) is 4.89. The first-order valence-electron chi connectivity index (χ1n) is 9.17. The van der Waals surface area contributed by atoms with Crippen LogP contribution in [0.3, 0.4) is 0 Å². The van der Waals surface area contributed by atoms with Crippen molar-refractivity contribution in [2.24, 2.45) is 0 Å². The zero-order chi connectivity index (χ0) is 18.7. The van der Waals surface area contributed by atoms with E-state index in [2.05, 4.69) is 34.5 Å². The lowest BCUT2D eigenvalue weighted by molar-refractivity contribution is 0.0919. The fourth-order valence-electron chi connectivity index (χ4n) is 3.40. The fourth-order valence-corrected chi connectivity index (χ4v) is 3.40. The molecule has 1 aromatic heterocycles. The Balaban J connectivity index is 1.52. The molecule has 1 aliphatic carbocycles. The molecule has 1 amide bonds. The van der Waals surface area contributed by atoms with Gasteiger partial charge in [-0.3, -0.25) is 9.59 Å². The first-order valence-corrected chi connectivity index (χ1v) is 9.17. The summed E-state index contributed by atoms with van der Waals surface area (Å²) in [6.07, 6.45) is 3.83. The standard InChI is InChI=1S/C21H26N2O3/c1-14-19-17(24)7-4-8-18(19)26-20(14)21(25)22-13-5-6-15-9-11-16(12-10-15)23(2)3/h9-12H,4-8,13H2,1-3H3,(H,22,25). The first-order chi connectivity index (χ1) is 12.5. The van der Waals surface area contributed by atoms with E-state index < -0.39 is 0 Å². The Labute approximate surface area is 154 Å². The molecule has 0 fully saturated rings. The molecule has 0 aliphatic heterocycles. The molecule has 1 heterocycles. The highest BCUT2D eigenvalue weighted by atomic mass is 16.4. The van der Waals surface area contributed by atoms with Crippen molar-refractivity contribution in [3.63, 3.8) is 0 Å². The molecule has 0 bridgehead atoms. The lowest BCUT2D eigenvalue weighted by Gasteiger charge is -2.12. The van der Waals surface area contributed by atoms with E-state index in [0.29, 0.717) is 35.6 Å². The van der Waals surface area contributed by atoms with E-state index in [1.54, 1.807) is 6.92 Å². The third kappa shape index (κ3) is 3.82. The number of hydrogen-bond donors (Lipinski definition) is 1. The first kappa shape index (κ1) is 18.2. The van der Waals surface area contributed by atoms with Crippen molar-refractivity contribution in [1.82, 2.24) is 5.32 Å². The lowest BCUT2D eigenvalue weighted by atomic mass is 9.94. The van der Waals surface area contributed by atoms with E-state index in [4.69, 9.17) is 4.42 Å². The average molecular weight is 354 g/mol. The highest BCUT2D eigenvalue weighted by molar-refractivity contribution is 6.03. The summed E-state index contributed by atoms with van der Waals surface area (Å²) in [5.41, 5.74) is 3.73. The molecule has 0 spiro atoms. The van der Waals surface area contributed by atoms with Gasteiger partial charge in [0.15, 0.2) is 11.5 Å². The Morgan fingerprint density at radius 3 is 2.58 bits per heavy atom. The molecule has 0 saturated carbocycles. The molecule has 0 atom stereocenters. The minimum atomic E-state index is -0.229. The zero-order valence-electron chi connectivity index (χ0n) is 15.7. The molecule has 0 radical (unpaired) electrons. The summed E-state index contributed by atoms with van der Waals surface area (Å²) in [7, 11) is 4.04. The van der Waals surface area contributed by atoms with Crippen LogP contribution in [-0.4, -0.2) is 32.3 Å². The Bertz CT molecular complexity index is 803. The molecule has 1 N–H and O–H groups in total. The molecule has 0 unspecified atom stereocenters. The van der Waals surface area contributed by atoms with Crippen LogP contribution in [0.1, 0.15) is 57.1 Å². The average Bonchev–Trinajstić information content (AvgIpc) is 2.97. The third-order valence-corrected chi connectivity index (χ3v) is 4.89. The second-order valence-corrected chi connectivity index (χ2v) is 7.05. The largest absolute Gasteiger partial charge is 0.455 e. The minimum absolute atomic E-state index is 0.0905. The number of carbonyl (C=O) groups excluding carboxylic acids is 2.